The number of likely N-dealkylation sites (tertiary alicyclic amines) is 1. The molecule has 96 valence electrons. The first-order valence-electron chi connectivity index (χ1n) is 6.00. The molecule has 1 atom stereocenters. The van der Waals surface area contributed by atoms with Crippen molar-refractivity contribution in [2.24, 2.45) is 5.92 Å². The molecule has 1 unspecified atom stereocenters. The molecular formula is C12H14BrFN4. The average molecular weight is 313 g/mol. The Kier molecular flexibility index (Phi) is 3.07. The minimum absolute atomic E-state index is 0.263. The lowest BCUT2D eigenvalue weighted by Gasteiger charge is -2.10. The normalized spacial score (nSPS) is 20.9. The first-order chi connectivity index (χ1) is 8.63. The van der Waals surface area contributed by atoms with Gasteiger partial charge in [-0.2, -0.15) is 0 Å². The molecule has 0 spiro atoms. The third-order valence-corrected chi connectivity index (χ3v) is 4.06. The minimum atomic E-state index is -0.263. The smallest absolute Gasteiger partial charge is 0.127 e. The van der Waals surface area contributed by atoms with Gasteiger partial charge in [-0.15, -0.1) is 5.10 Å². The molecule has 1 saturated heterocycles. The maximum atomic E-state index is 13.4. The van der Waals surface area contributed by atoms with E-state index in [1.165, 1.54) is 12.1 Å². The lowest BCUT2D eigenvalue weighted by atomic mass is 10.1. The topological polar surface area (TPSA) is 34.0 Å². The lowest BCUT2D eigenvalue weighted by Crippen LogP contribution is -2.17. The molecule has 4 nitrogen and oxygen atoms in total. The van der Waals surface area contributed by atoms with E-state index in [2.05, 4.69) is 38.2 Å². The molecule has 1 fully saturated rings. The Morgan fingerprint density at radius 2 is 2.33 bits per heavy atom. The van der Waals surface area contributed by atoms with Gasteiger partial charge in [0.2, 0.25) is 0 Å². The highest BCUT2D eigenvalue weighted by atomic mass is 79.9. The van der Waals surface area contributed by atoms with E-state index in [1.807, 2.05) is 4.68 Å². The van der Waals surface area contributed by atoms with Crippen LogP contribution in [0, 0.1) is 11.7 Å². The van der Waals surface area contributed by atoms with E-state index < -0.39 is 0 Å². The van der Waals surface area contributed by atoms with Crippen molar-refractivity contribution < 1.29 is 4.39 Å². The van der Waals surface area contributed by atoms with Crippen LogP contribution in [-0.4, -0.2) is 40.0 Å². The molecule has 6 heteroatoms. The van der Waals surface area contributed by atoms with Crippen LogP contribution in [0.25, 0.3) is 11.0 Å². The van der Waals surface area contributed by atoms with Crippen molar-refractivity contribution in [3.63, 3.8) is 0 Å². The van der Waals surface area contributed by atoms with E-state index in [4.69, 9.17) is 0 Å². The van der Waals surface area contributed by atoms with Gasteiger partial charge in [-0.3, -0.25) is 0 Å². The van der Waals surface area contributed by atoms with Gasteiger partial charge in [0.15, 0.2) is 0 Å². The third-order valence-electron chi connectivity index (χ3n) is 3.46. The van der Waals surface area contributed by atoms with Crippen molar-refractivity contribution in [3.05, 3.63) is 22.4 Å². The predicted molar refractivity (Wildman–Crippen MR) is 70.8 cm³/mol. The predicted octanol–water partition coefficient (Wildman–Crippen LogP) is 2.28. The molecule has 0 aliphatic carbocycles. The monoisotopic (exact) mass is 312 g/mol. The summed E-state index contributed by atoms with van der Waals surface area (Å²) in [6.07, 6.45) is 1.16. The molecule has 0 N–H and O–H groups in total. The SMILES string of the molecule is CN1CCC(Cn2nnc3c(Br)cc(F)cc32)C1. The van der Waals surface area contributed by atoms with Crippen molar-refractivity contribution in [1.29, 1.82) is 0 Å². The zero-order chi connectivity index (χ0) is 12.7. The largest absolute Gasteiger partial charge is 0.306 e. The summed E-state index contributed by atoms with van der Waals surface area (Å²) in [6, 6.07) is 2.92. The molecule has 0 amide bonds. The van der Waals surface area contributed by atoms with Gasteiger partial charge in [-0.1, -0.05) is 5.21 Å². The lowest BCUT2D eigenvalue weighted by molar-refractivity contribution is 0.370. The number of aromatic nitrogens is 3. The number of hydrogen-bond donors (Lipinski definition) is 0. The van der Waals surface area contributed by atoms with Crippen LogP contribution < -0.4 is 0 Å². The Morgan fingerprint density at radius 1 is 1.50 bits per heavy atom. The minimum Gasteiger partial charge on any atom is -0.306 e. The average Bonchev–Trinajstić information content (AvgIpc) is 2.87. The molecule has 1 aliphatic rings. The first kappa shape index (κ1) is 12.0. The van der Waals surface area contributed by atoms with Gasteiger partial charge in [0.1, 0.15) is 11.3 Å². The third kappa shape index (κ3) is 2.14. The van der Waals surface area contributed by atoms with E-state index in [9.17, 15) is 4.39 Å². The first-order valence-corrected chi connectivity index (χ1v) is 6.79. The molecule has 0 saturated carbocycles. The molecule has 1 aromatic carbocycles. The number of benzene rings is 1. The van der Waals surface area contributed by atoms with Gasteiger partial charge in [0.25, 0.3) is 0 Å². The molecule has 18 heavy (non-hydrogen) atoms. The number of hydrogen-bond acceptors (Lipinski definition) is 3. The van der Waals surface area contributed by atoms with Crippen molar-refractivity contribution in [2.75, 3.05) is 20.1 Å². The standard InChI is InChI=1S/C12H14BrFN4/c1-17-3-2-8(6-17)7-18-11-5-9(14)4-10(13)12(11)15-16-18/h4-5,8H,2-3,6-7H2,1H3. The van der Waals surface area contributed by atoms with Gasteiger partial charge < -0.3 is 4.90 Å². The summed E-state index contributed by atoms with van der Waals surface area (Å²) in [7, 11) is 2.12. The van der Waals surface area contributed by atoms with Crippen LogP contribution in [0.5, 0.6) is 0 Å². The van der Waals surface area contributed by atoms with E-state index in [0.717, 1.165) is 37.1 Å². The summed E-state index contributed by atoms with van der Waals surface area (Å²) in [4.78, 5) is 2.31. The van der Waals surface area contributed by atoms with E-state index >= 15 is 0 Å². The molecular weight excluding hydrogens is 299 g/mol. The van der Waals surface area contributed by atoms with Gasteiger partial charge in [-0.05, 0) is 47.9 Å². The summed E-state index contributed by atoms with van der Waals surface area (Å²) in [5.74, 6) is 0.309. The number of halogens is 2. The number of fused-ring (bicyclic) bond motifs is 1. The fourth-order valence-electron chi connectivity index (χ4n) is 2.55. The van der Waals surface area contributed by atoms with Gasteiger partial charge in [-0.25, -0.2) is 9.07 Å². The van der Waals surface area contributed by atoms with E-state index in [1.54, 1.807) is 0 Å². The van der Waals surface area contributed by atoms with E-state index in [-0.39, 0.29) is 5.82 Å². The molecule has 1 aromatic heterocycles. The van der Waals surface area contributed by atoms with Crippen molar-refractivity contribution in [2.45, 2.75) is 13.0 Å². The summed E-state index contributed by atoms with van der Waals surface area (Å²) < 4.78 is 15.9. The highest BCUT2D eigenvalue weighted by Crippen LogP contribution is 2.25. The number of nitrogens with zero attached hydrogens (tertiary/aromatic N) is 4. The zero-order valence-corrected chi connectivity index (χ0v) is 11.7. The second-order valence-corrected chi connectivity index (χ2v) is 5.80. The summed E-state index contributed by atoms with van der Waals surface area (Å²) in [5.41, 5.74) is 1.49. The summed E-state index contributed by atoms with van der Waals surface area (Å²) in [6.45, 7) is 2.99. The quantitative estimate of drug-likeness (QED) is 0.853. The fraction of sp³-hybridized carbons (Fsp3) is 0.500. The molecule has 1 aliphatic heterocycles. The molecule has 0 radical (unpaired) electrons. The highest BCUT2D eigenvalue weighted by Gasteiger charge is 2.21. The zero-order valence-electron chi connectivity index (χ0n) is 10.1. The van der Waals surface area contributed by atoms with Crippen LogP contribution in [0.1, 0.15) is 6.42 Å². The van der Waals surface area contributed by atoms with Crippen molar-refractivity contribution in [1.82, 2.24) is 19.9 Å². The van der Waals surface area contributed by atoms with Gasteiger partial charge in [0, 0.05) is 19.2 Å². The Bertz CT molecular complexity index is 583. The second kappa shape index (κ2) is 4.59. The molecule has 3 rings (SSSR count). The summed E-state index contributed by atoms with van der Waals surface area (Å²) >= 11 is 3.32. The van der Waals surface area contributed by atoms with Gasteiger partial charge in [0.05, 0.1) is 9.99 Å². The van der Waals surface area contributed by atoms with Crippen LogP contribution in [0.3, 0.4) is 0 Å². The fourth-order valence-corrected chi connectivity index (χ4v) is 3.05. The van der Waals surface area contributed by atoms with Crippen LogP contribution in [0.15, 0.2) is 16.6 Å². The molecule has 0 bridgehead atoms. The van der Waals surface area contributed by atoms with Gasteiger partial charge >= 0.3 is 0 Å². The summed E-state index contributed by atoms with van der Waals surface area (Å²) in [5, 5.41) is 8.24. The van der Waals surface area contributed by atoms with Crippen molar-refractivity contribution >= 4 is 27.0 Å². The van der Waals surface area contributed by atoms with Crippen LogP contribution in [-0.2, 0) is 6.54 Å². The molecule has 2 aromatic rings. The highest BCUT2D eigenvalue weighted by molar-refractivity contribution is 9.10. The van der Waals surface area contributed by atoms with E-state index in [0.29, 0.717) is 10.4 Å². The molecule has 2 heterocycles. The Hall–Kier alpha value is -1.01. The maximum absolute atomic E-state index is 13.4. The van der Waals surface area contributed by atoms with Crippen LogP contribution in [0.4, 0.5) is 4.39 Å². The van der Waals surface area contributed by atoms with Crippen LogP contribution >= 0.6 is 15.9 Å². The van der Waals surface area contributed by atoms with Crippen LogP contribution in [0.2, 0.25) is 0 Å². The number of rotatable bonds is 2. The Morgan fingerprint density at radius 3 is 3.06 bits per heavy atom. The van der Waals surface area contributed by atoms with Crippen molar-refractivity contribution in [3.8, 4) is 0 Å². The Labute approximate surface area is 113 Å². The second-order valence-electron chi connectivity index (χ2n) is 4.94. The Balaban J connectivity index is 1.93. The maximum Gasteiger partial charge on any atom is 0.127 e.